The van der Waals surface area contributed by atoms with Crippen molar-refractivity contribution in [3.05, 3.63) is 58.6 Å². The van der Waals surface area contributed by atoms with Crippen molar-refractivity contribution in [2.45, 2.75) is 25.0 Å². The van der Waals surface area contributed by atoms with Crippen LogP contribution in [0.15, 0.2) is 36.4 Å². The fourth-order valence-corrected chi connectivity index (χ4v) is 3.20. The minimum atomic E-state index is -0.694. The Morgan fingerprint density at radius 1 is 0.968 bits per heavy atom. The van der Waals surface area contributed by atoms with Gasteiger partial charge in [-0.1, -0.05) is 11.6 Å². The normalized spacial score (nSPS) is 17.9. The number of carbonyl (C=O) groups excluding carboxylic acids is 3. The second kappa shape index (κ2) is 12.7. The van der Waals surface area contributed by atoms with E-state index in [-0.39, 0.29) is 29.4 Å². The van der Waals surface area contributed by atoms with Crippen molar-refractivity contribution in [2.75, 3.05) is 23.3 Å². The van der Waals surface area contributed by atoms with E-state index < -0.39 is 29.7 Å². The predicted molar refractivity (Wildman–Crippen MR) is 113 cm³/mol. The summed E-state index contributed by atoms with van der Waals surface area (Å²) in [5.41, 5.74) is 0.609. The van der Waals surface area contributed by atoms with Gasteiger partial charge in [-0.05, 0) is 49.2 Å². The zero-order valence-corrected chi connectivity index (χ0v) is 17.3. The summed E-state index contributed by atoms with van der Waals surface area (Å²) in [5, 5.41) is 22.4. The van der Waals surface area contributed by atoms with Crippen molar-refractivity contribution in [3.8, 4) is 0 Å². The van der Waals surface area contributed by atoms with Crippen LogP contribution in [0, 0.1) is 11.6 Å². The number of anilines is 2. The lowest BCUT2D eigenvalue weighted by Crippen LogP contribution is -2.35. The van der Waals surface area contributed by atoms with Gasteiger partial charge in [-0.2, -0.15) is 0 Å². The number of hydrogen-bond donors (Lipinski definition) is 3. The van der Waals surface area contributed by atoms with Gasteiger partial charge < -0.3 is 30.0 Å². The molecule has 1 heterocycles. The van der Waals surface area contributed by atoms with Crippen LogP contribution in [0.2, 0.25) is 5.02 Å². The minimum absolute atomic E-state index is 0.125. The number of carbonyl (C=O) groups is 3. The van der Waals surface area contributed by atoms with E-state index >= 15 is 0 Å². The molecule has 0 spiro atoms. The zero-order chi connectivity index (χ0) is 23.6. The van der Waals surface area contributed by atoms with E-state index in [4.69, 9.17) is 21.2 Å². The number of β-amino-alcohol motifs (C(OH)–C–C–N with tert-alkyl or cyclic N) is 2. The highest BCUT2D eigenvalue weighted by Crippen LogP contribution is 2.26. The highest BCUT2D eigenvalue weighted by atomic mass is 35.5. The van der Waals surface area contributed by atoms with Gasteiger partial charge in [0, 0.05) is 24.3 Å². The molecule has 10 heteroatoms. The van der Waals surface area contributed by atoms with Crippen LogP contribution in [0.1, 0.15) is 23.2 Å². The first-order chi connectivity index (χ1) is 14.8. The third kappa shape index (κ3) is 7.39. The van der Waals surface area contributed by atoms with E-state index in [9.17, 15) is 23.8 Å². The van der Waals surface area contributed by atoms with Crippen LogP contribution in [0.25, 0.3) is 0 Å². The Kier molecular flexibility index (Phi) is 10.7. The van der Waals surface area contributed by atoms with E-state index in [1.807, 2.05) is 13.6 Å². The Morgan fingerprint density at radius 2 is 1.52 bits per heavy atom. The molecule has 0 aromatic heterocycles. The molecule has 7 nitrogen and oxygen atoms in total. The van der Waals surface area contributed by atoms with Gasteiger partial charge in [-0.3, -0.25) is 4.79 Å². The molecule has 31 heavy (non-hydrogen) atoms. The summed E-state index contributed by atoms with van der Waals surface area (Å²) in [6.07, 6.45) is -0.545. The fraction of sp³-hybridized carbons (Fsp3) is 0.286. The van der Waals surface area contributed by atoms with Crippen LogP contribution in [0.4, 0.5) is 20.2 Å². The van der Waals surface area contributed by atoms with Crippen molar-refractivity contribution in [1.29, 1.82) is 0 Å². The molecule has 3 rings (SSSR count). The molecule has 0 saturated carbocycles. The maximum Gasteiger partial charge on any atom is 0.255 e. The Hall–Kier alpha value is -2.88. The molecule has 2 aromatic carbocycles. The highest BCUT2D eigenvalue weighted by Gasteiger charge is 2.24. The molecule has 1 aliphatic rings. The topological polar surface area (TPSA) is 107 Å². The van der Waals surface area contributed by atoms with Crippen molar-refractivity contribution >= 4 is 42.5 Å². The number of halogens is 3. The van der Waals surface area contributed by atoms with E-state index in [0.29, 0.717) is 18.5 Å². The van der Waals surface area contributed by atoms with Crippen molar-refractivity contribution in [1.82, 2.24) is 0 Å². The first-order valence-electron chi connectivity index (χ1n) is 9.08. The molecule has 0 bridgehead atoms. The van der Waals surface area contributed by atoms with Gasteiger partial charge >= 0.3 is 0 Å². The van der Waals surface area contributed by atoms with E-state index in [0.717, 1.165) is 12.1 Å². The van der Waals surface area contributed by atoms with Crippen molar-refractivity contribution < 1.29 is 33.4 Å². The van der Waals surface area contributed by atoms with Crippen LogP contribution in [0.3, 0.4) is 0 Å². The molecule has 3 N–H and O–H groups in total. The fourth-order valence-electron chi connectivity index (χ4n) is 3.02. The first kappa shape index (κ1) is 26.2. The molecule has 1 amide bonds. The minimum Gasteiger partial charge on any atom is -0.391 e. The number of rotatable bonds is 3. The molecule has 1 aliphatic heterocycles. The van der Waals surface area contributed by atoms with Gasteiger partial charge in [-0.15, -0.1) is 0 Å². The van der Waals surface area contributed by atoms with Crippen LogP contribution in [-0.4, -0.2) is 55.0 Å². The van der Waals surface area contributed by atoms with Gasteiger partial charge in [0.15, 0.2) is 0 Å². The summed E-state index contributed by atoms with van der Waals surface area (Å²) in [7, 11) is 0. The number of amides is 1. The quantitative estimate of drug-likeness (QED) is 0.655. The first-order valence-corrected chi connectivity index (χ1v) is 9.46. The Morgan fingerprint density at radius 3 is 2.06 bits per heavy atom. The van der Waals surface area contributed by atoms with Gasteiger partial charge in [0.1, 0.15) is 25.2 Å². The summed E-state index contributed by atoms with van der Waals surface area (Å²) in [4.78, 5) is 30.0. The van der Waals surface area contributed by atoms with E-state index in [1.54, 1.807) is 0 Å². The smallest absolute Gasteiger partial charge is 0.255 e. The molecule has 2 aromatic rings. The van der Waals surface area contributed by atoms with Gasteiger partial charge in [-0.25, -0.2) is 8.78 Å². The largest absolute Gasteiger partial charge is 0.391 e. The number of nitrogens with one attached hydrogen (secondary N) is 1. The summed E-state index contributed by atoms with van der Waals surface area (Å²) in [6.45, 7) is 4.32. The van der Waals surface area contributed by atoms with Crippen LogP contribution in [-0.2, 0) is 9.59 Å². The Labute approximate surface area is 183 Å². The van der Waals surface area contributed by atoms with E-state index in [2.05, 4.69) is 5.32 Å². The van der Waals surface area contributed by atoms with Crippen LogP contribution in [0.5, 0.6) is 0 Å². The number of aliphatic hydroxyl groups is 2. The predicted octanol–water partition coefficient (Wildman–Crippen LogP) is 2.82. The molecule has 0 unspecified atom stereocenters. The maximum absolute atomic E-state index is 14.3. The maximum atomic E-state index is 14.3. The Balaban J connectivity index is 0.00000113. The molecular weight excluding hydrogens is 434 g/mol. The molecule has 0 radical (unpaired) electrons. The third-order valence-electron chi connectivity index (χ3n) is 4.42. The zero-order valence-electron chi connectivity index (χ0n) is 16.6. The molecular formula is C21H23ClF2N2O5. The average molecular weight is 457 g/mol. The monoisotopic (exact) mass is 456 g/mol. The van der Waals surface area contributed by atoms with Crippen molar-refractivity contribution in [2.24, 2.45) is 0 Å². The number of benzene rings is 2. The Bertz CT molecular complexity index is 873. The van der Waals surface area contributed by atoms with Gasteiger partial charge in [0.25, 0.3) is 5.91 Å². The lowest BCUT2D eigenvalue weighted by molar-refractivity contribution is -0.0987. The average Bonchev–Trinajstić information content (AvgIpc) is 2.94. The molecule has 1 fully saturated rings. The molecule has 1 saturated heterocycles. The van der Waals surface area contributed by atoms with Gasteiger partial charge in [0.05, 0.1) is 22.9 Å². The summed E-state index contributed by atoms with van der Waals surface area (Å²) in [6, 6.07) is 7.62. The lowest BCUT2D eigenvalue weighted by Gasteiger charge is -2.26. The van der Waals surface area contributed by atoms with Crippen LogP contribution < -0.4 is 10.2 Å². The summed E-state index contributed by atoms with van der Waals surface area (Å²) < 4.78 is 27.6. The van der Waals surface area contributed by atoms with E-state index in [1.165, 1.54) is 29.2 Å². The summed E-state index contributed by atoms with van der Waals surface area (Å²) >= 11 is 5.70. The molecule has 168 valence electrons. The van der Waals surface area contributed by atoms with Crippen molar-refractivity contribution in [3.63, 3.8) is 0 Å². The third-order valence-corrected chi connectivity index (χ3v) is 4.71. The van der Waals surface area contributed by atoms with Gasteiger partial charge in [0.2, 0.25) is 0 Å². The highest BCUT2D eigenvalue weighted by molar-refractivity contribution is 6.31. The number of nitrogens with zero attached hydrogens (tertiary/aromatic N) is 1. The second-order valence-electron chi connectivity index (χ2n) is 6.54. The molecule has 0 aliphatic carbocycles. The lowest BCUT2D eigenvalue weighted by atomic mass is 10.1. The standard InChI is InChI=1S/C19H19ClF2N2O3.2CH2O/c20-15-8-12(2-6-16(15)21)23-19(27)11-1-5-17(22)18(7-11)24-9-13(25)3-4-14(26)10-24;2*1-2/h1-2,5-8,13-14,25-26H,3-4,9-10H2,(H,23,27);2*1H2/t13-,14+;;. The SMILES string of the molecule is C=O.C=O.O=C(Nc1ccc(F)c(Cl)c1)c1ccc(F)c(N2C[C@H](O)CC[C@H](O)C2)c1. The van der Waals surface area contributed by atoms with Crippen LogP contribution >= 0.6 is 11.6 Å². The number of hydrogen-bond acceptors (Lipinski definition) is 6. The second-order valence-corrected chi connectivity index (χ2v) is 6.95. The molecule has 2 atom stereocenters. The number of aliphatic hydroxyl groups excluding tert-OH is 2. The summed E-state index contributed by atoms with van der Waals surface area (Å²) in [5.74, 6) is -1.68.